The zero-order chi connectivity index (χ0) is 14.5. The first kappa shape index (κ1) is 15.3. The lowest BCUT2D eigenvalue weighted by atomic mass is 10.1. The first-order valence-electron chi connectivity index (χ1n) is 7.08. The summed E-state index contributed by atoms with van der Waals surface area (Å²) in [6, 6.07) is 8.69. The van der Waals surface area contributed by atoms with Gasteiger partial charge in [-0.3, -0.25) is 4.68 Å². The van der Waals surface area contributed by atoms with Gasteiger partial charge in [0.15, 0.2) is 0 Å². The van der Waals surface area contributed by atoms with Crippen LogP contribution in [0.1, 0.15) is 29.4 Å². The summed E-state index contributed by atoms with van der Waals surface area (Å²) in [7, 11) is 2.00. The highest BCUT2D eigenvalue weighted by Gasteiger charge is 2.11. The molecule has 0 spiro atoms. The summed E-state index contributed by atoms with van der Waals surface area (Å²) in [5.41, 5.74) is 5.05. The Balaban J connectivity index is 1.86. The van der Waals surface area contributed by atoms with E-state index >= 15 is 0 Å². The molecule has 1 aromatic heterocycles. The molecule has 4 heteroatoms. The minimum Gasteiger partial charge on any atom is -0.311 e. The highest BCUT2D eigenvalue weighted by Crippen LogP contribution is 2.21. The largest absolute Gasteiger partial charge is 0.311 e. The molecule has 108 valence electrons. The summed E-state index contributed by atoms with van der Waals surface area (Å²) in [5, 5.41) is 8.00. The van der Waals surface area contributed by atoms with Crippen molar-refractivity contribution in [3.05, 3.63) is 51.3 Å². The lowest BCUT2D eigenvalue weighted by Crippen LogP contribution is -2.18. The smallest absolute Gasteiger partial charge is 0.0767 e. The minimum absolute atomic E-state index is 0.843. The van der Waals surface area contributed by atoms with E-state index in [2.05, 4.69) is 64.5 Å². The Morgan fingerprint density at radius 2 is 2.15 bits per heavy atom. The summed E-state index contributed by atoms with van der Waals surface area (Å²) in [6.07, 6.45) is 2.01. The molecule has 2 aromatic rings. The Kier molecular flexibility index (Phi) is 5.38. The van der Waals surface area contributed by atoms with Crippen molar-refractivity contribution in [3.8, 4) is 0 Å². The maximum atomic E-state index is 4.51. The van der Waals surface area contributed by atoms with Gasteiger partial charge < -0.3 is 5.32 Å². The first-order chi connectivity index (χ1) is 9.61. The molecule has 0 saturated carbocycles. The summed E-state index contributed by atoms with van der Waals surface area (Å²) in [4.78, 5) is 0. The zero-order valence-electron chi connectivity index (χ0n) is 12.4. The predicted octanol–water partition coefficient (Wildman–Crippen LogP) is 3.39. The first-order valence-corrected chi connectivity index (χ1v) is 7.87. The summed E-state index contributed by atoms with van der Waals surface area (Å²) in [5.74, 6) is 0. The number of aryl methyl sites for hydroxylation is 3. The maximum absolute atomic E-state index is 4.51. The van der Waals surface area contributed by atoms with Crippen molar-refractivity contribution >= 4 is 15.9 Å². The van der Waals surface area contributed by atoms with Crippen LogP contribution >= 0.6 is 15.9 Å². The normalized spacial score (nSPS) is 11.0. The maximum Gasteiger partial charge on any atom is 0.0767 e. The molecule has 1 aromatic carbocycles. The van der Waals surface area contributed by atoms with E-state index in [1.807, 2.05) is 11.7 Å². The van der Waals surface area contributed by atoms with Crippen LogP contribution in [0.15, 0.2) is 28.7 Å². The number of rotatable bonds is 6. The lowest BCUT2D eigenvalue weighted by molar-refractivity contribution is 0.622. The fourth-order valence-electron chi connectivity index (χ4n) is 2.32. The fraction of sp³-hybridized carbons (Fsp3) is 0.438. The van der Waals surface area contributed by atoms with E-state index in [1.165, 1.54) is 16.8 Å². The van der Waals surface area contributed by atoms with Gasteiger partial charge in [-0.15, -0.1) is 0 Å². The van der Waals surface area contributed by atoms with Gasteiger partial charge in [-0.25, -0.2) is 0 Å². The molecular weight excluding hydrogens is 314 g/mol. The van der Waals surface area contributed by atoms with Gasteiger partial charge in [-0.1, -0.05) is 36.8 Å². The number of nitrogens with zero attached hydrogens (tertiary/aromatic N) is 2. The van der Waals surface area contributed by atoms with Crippen LogP contribution in [0, 0.1) is 6.92 Å². The van der Waals surface area contributed by atoms with Crippen molar-refractivity contribution in [2.24, 2.45) is 7.05 Å². The van der Waals surface area contributed by atoms with Crippen LogP contribution in [0.25, 0.3) is 0 Å². The van der Waals surface area contributed by atoms with E-state index in [-0.39, 0.29) is 0 Å². The second kappa shape index (κ2) is 7.04. The predicted molar refractivity (Wildman–Crippen MR) is 86.9 cm³/mol. The molecule has 3 nitrogen and oxygen atoms in total. The molecule has 0 unspecified atom stereocenters. The van der Waals surface area contributed by atoms with Crippen LogP contribution in [-0.2, 0) is 26.4 Å². The second-order valence-corrected chi connectivity index (χ2v) is 5.89. The third-order valence-electron chi connectivity index (χ3n) is 3.47. The second-order valence-electron chi connectivity index (χ2n) is 5.10. The van der Waals surface area contributed by atoms with Gasteiger partial charge in [-0.2, -0.15) is 5.10 Å². The molecule has 0 amide bonds. The van der Waals surface area contributed by atoms with E-state index in [9.17, 15) is 0 Å². The molecule has 0 aliphatic carbocycles. The van der Waals surface area contributed by atoms with Gasteiger partial charge in [0.2, 0.25) is 0 Å². The Morgan fingerprint density at radius 1 is 1.35 bits per heavy atom. The number of nitrogens with one attached hydrogen (secondary N) is 1. The van der Waals surface area contributed by atoms with Crippen LogP contribution in [0.5, 0.6) is 0 Å². The van der Waals surface area contributed by atoms with E-state index < -0.39 is 0 Å². The monoisotopic (exact) mass is 335 g/mol. The highest BCUT2D eigenvalue weighted by molar-refractivity contribution is 9.10. The molecule has 20 heavy (non-hydrogen) atoms. The van der Waals surface area contributed by atoms with Crippen LogP contribution in [-0.4, -0.2) is 16.3 Å². The Bertz CT molecular complexity index is 575. The molecule has 0 bridgehead atoms. The van der Waals surface area contributed by atoms with Crippen molar-refractivity contribution in [2.45, 2.75) is 33.2 Å². The quantitative estimate of drug-likeness (QED) is 0.820. The van der Waals surface area contributed by atoms with Crippen molar-refractivity contribution in [1.82, 2.24) is 15.1 Å². The Morgan fingerprint density at radius 3 is 2.80 bits per heavy atom. The average Bonchev–Trinajstić information content (AvgIpc) is 2.70. The summed E-state index contributed by atoms with van der Waals surface area (Å²) in [6.45, 7) is 6.08. The standard InChI is InChI=1S/C16H22BrN3/c1-4-14-16(17)15(20(3)19-14)11-18-9-8-13-7-5-6-12(2)10-13/h5-7,10,18H,4,8-9,11H2,1-3H3. The fourth-order valence-corrected chi connectivity index (χ4v) is 3.08. The molecule has 1 heterocycles. The van der Waals surface area contributed by atoms with E-state index in [0.29, 0.717) is 0 Å². The van der Waals surface area contributed by atoms with Crippen molar-refractivity contribution in [2.75, 3.05) is 6.54 Å². The number of hydrogen-bond donors (Lipinski definition) is 1. The van der Waals surface area contributed by atoms with Gasteiger partial charge in [0, 0.05) is 13.6 Å². The molecule has 0 radical (unpaired) electrons. The molecular formula is C16H22BrN3. The number of halogens is 1. The van der Waals surface area contributed by atoms with Crippen molar-refractivity contribution < 1.29 is 0 Å². The van der Waals surface area contributed by atoms with Crippen LogP contribution in [0.2, 0.25) is 0 Å². The van der Waals surface area contributed by atoms with Crippen LogP contribution in [0.4, 0.5) is 0 Å². The van der Waals surface area contributed by atoms with Crippen molar-refractivity contribution in [1.29, 1.82) is 0 Å². The van der Waals surface area contributed by atoms with Gasteiger partial charge in [0.1, 0.15) is 0 Å². The van der Waals surface area contributed by atoms with E-state index in [0.717, 1.165) is 36.1 Å². The zero-order valence-corrected chi connectivity index (χ0v) is 14.0. The summed E-state index contributed by atoms with van der Waals surface area (Å²) < 4.78 is 3.10. The van der Waals surface area contributed by atoms with Gasteiger partial charge in [0.25, 0.3) is 0 Å². The number of hydrogen-bond acceptors (Lipinski definition) is 2. The highest BCUT2D eigenvalue weighted by atomic mass is 79.9. The van der Waals surface area contributed by atoms with Gasteiger partial charge in [-0.05, 0) is 47.8 Å². The third kappa shape index (κ3) is 3.70. The average molecular weight is 336 g/mol. The van der Waals surface area contributed by atoms with Crippen LogP contribution < -0.4 is 5.32 Å². The molecule has 2 rings (SSSR count). The Hall–Kier alpha value is -1.13. The molecule has 0 fully saturated rings. The van der Waals surface area contributed by atoms with E-state index in [1.54, 1.807) is 0 Å². The molecule has 0 aliphatic rings. The number of aromatic nitrogens is 2. The van der Waals surface area contributed by atoms with Crippen LogP contribution in [0.3, 0.4) is 0 Å². The molecule has 0 aliphatic heterocycles. The molecule has 1 N–H and O–H groups in total. The molecule has 0 saturated heterocycles. The number of benzene rings is 1. The lowest BCUT2D eigenvalue weighted by Gasteiger charge is -2.07. The third-order valence-corrected chi connectivity index (χ3v) is 4.38. The Labute approximate surface area is 129 Å². The molecule has 0 atom stereocenters. The van der Waals surface area contributed by atoms with Gasteiger partial charge >= 0.3 is 0 Å². The SMILES string of the molecule is CCc1nn(C)c(CNCCc2cccc(C)c2)c1Br. The topological polar surface area (TPSA) is 29.9 Å². The summed E-state index contributed by atoms with van der Waals surface area (Å²) >= 11 is 3.65. The minimum atomic E-state index is 0.843. The van der Waals surface area contributed by atoms with Crippen molar-refractivity contribution in [3.63, 3.8) is 0 Å². The van der Waals surface area contributed by atoms with Gasteiger partial charge in [0.05, 0.1) is 15.9 Å². The van der Waals surface area contributed by atoms with E-state index in [4.69, 9.17) is 0 Å².